The number of nitro benzene ring substituents is 1. The van der Waals surface area contributed by atoms with E-state index < -0.39 is 27.4 Å². The number of carbonyl (C=O) groups is 1. The first-order chi connectivity index (χ1) is 15.6. The van der Waals surface area contributed by atoms with Gasteiger partial charge in [-0.05, 0) is 24.3 Å². The van der Waals surface area contributed by atoms with Gasteiger partial charge >= 0.3 is 0 Å². The van der Waals surface area contributed by atoms with Crippen molar-refractivity contribution in [3.8, 4) is 0 Å². The van der Waals surface area contributed by atoms with Gasteiger partial charge in [0.1, 0.15) is 6.54 Å². The zero-order valence-electron chi connectivity index (χ0n) is 17.7. The van der Waals surface area contributed by atoms with Gasteiger partial charge in [0.05, 0.1) is 36.3 Å². The van der Waals surface area contributed by atoms with Crippen LogP contribution in [0.1, 0.15) is 5.56 Å². The molecular weight excluding hydrogens is 474 g/mol. The Morgan fingerprint density at radius 2 is 2.03 bits per heavy atom. The molecule has 1 saturated heterocycles. The van der Waals surface area contributed by atoms with E-state index in [1.54, 1.807) is 18.2 Å². The van der Waals surface area contributed by atoms with Crippen molar-refractivity contribution in [3.63, 3.8) is 0 Å². The van der Waals surface area contributed by atoms with Crippen LogP contribution >= 0.6 is 11.6 Å². The summed E-state index contributed by atoms with van der Waals surface area (Å²) in [5.41, 5.74) is 3.53. The van der Waals surface area contributed by atoms with Crippen LogP contribution in [0, 0.1) is 10.1 Å². The maximum atomic E-state index is 12.4. The number of sulfonamides is 1. The number of halogens is 1. The summed E-state index contributed by atoms with van der Waals surface area (Å²) in [6, 6.07) is 10.5. The largest absolute Gasteiger partial charge is 0.378 e. The molecule has 1 heterocycles. The third-order valence-corrected chi connectivity index (χ3v) is 6.13. The van der Waals surface area contributed by atoms with Gasteiger partial charge in [-0.15, -0.1) is 0 Å². The van der Waals surface area contributed by atoms with Gasteiger partial charge in [-0.1, -0.05) is 17.7 Å². The first-order valence-corrected chi connectivity index (χ1v) is 12.0. The number of amides is 1. The SMILES string of the molecule is CS(=O)(=O)N(CC(=O)N/N=C\c1cc([N+](=O)[O-])ccc1N1CCOCC1)c1cccc(Cl)c1. The number of morpholine rings is 1. The van der Waals surface area contributed by atoms with Crippen molar-refractivity contribution >= 4 is 50.8 Å². The average Bonchev–Trinajstić information content (AvgIpc) is 2.77. The van der Waals surface area contributed by atoms with E-state index in [1.165, 1.54) is 30.5 Å². The Balaban J connectivity index is 1.77. The zero-order chi connectivity index (χ0) is 24.0. The number of anilines is 2. The maximum absolute atomic E-state index is 12.4. The Bertz CT molecular complexity index is 1170. The lowest BCUT2D eigenvalue weighted by Crippen LogP contribution is -2.39. The van der Waals surface area contributed by atoms with E-state index in [4.69, 9.17) is 16.3 Å². The molecule has 0 bridgehead atoms. The highest BCUT2D eigenvalue weighted by Gasteiger charge is 2.21. The number of nitrogens with zero attached hydrogens (tertiary/aromatic N) is 4. The Morgan fingerprint density at radius 1 is 1.30 bits per heavy atom. The molecule has 3 rings (SSSR count). The van der Waals surface area contributed by atoms with E-state index in [0.29, 0.717) is 42.6 Å². The number of rotatable bonds is 8. The number of nitrogens with one attached hydrogen (secondary N) is 1. The molecule has 1 amide bonds. The van der Waals surface area contributed by atoms with Crippen molar-refractivity contribution in [3.05, 3.63) is 63.2 Å². The number of nitro groups is 1. The van der Waals surface area contributed by atoms with E-state index in [1.807, 2.05) is 4.90 Å². The predicted octanol–water partition coefficient (Wildman–Crippen LogP) is 2.00. The summed E-state index contributed by atoms with van der Waals surface area (Å²) in [7, 11) is -3.77. The molecule has 0 unspecified atom stereocenters. The Morgan fingerprint density at radius 3 is 2.67 bits per heavy atom. The Labute approximate surface area is 195 Å². The minimum atomic E-state index is -3.77. The van der Waals surface area contributed by atoms with Gasteiger partial charge in [0.15, 0.2) is 0 Å². The van der Waals surface area contributed by atoms with Gasteiger partial charge in [-0.25, -0.2) is 13.8 Å². The van der Waals surface area contributed by atoms with Crippen LogP contribution in [0.5, 0.6) is 0 Å². The fourth-order valence-electron chi connectivity index (χ4n) is 3.22. The second-order valence-corrected chi connectivity index (χ2v) is 9.49. The van der Waals surface area contributed by atoms with Gasteiger partial charge in [0.2, 0.25) is 10.0 Å². The second kappa shape index (κ2) is 10.6. The summed E-state index contributed by atoms with van der Waals surface area (Å²) in [6.07, 6.45) is 2.27. The second-order valence-electron chi connectivity index (χ2n) is 7.14. The lowest BCUT2D eigenvalue weighted by atomic mass is 10.1. The number of non-ortho nitro benzene ring substituents is 1. The van der Waals surface area contributed by atoms with Crippen LogP contribution in [0.25, 0.3) is 0 Å². The molecule has 1 N–H and O–H groups in total. The van der Waals surface area contributed by atoms with Gasteiger partial charge in [0.25, 0.3) is 11.6 Å². The molecule has 0 spiro atoms. The molecule has 1 fully saturated rings. The first-order valence-electron chi connectivity index (χ1n) is 9.81. The van der Waals surface area contributed by atoms with E-state index >= 15 is 0 Å². The molecule has 1 aliphatic heterocycles. The van der Waals surface area contributed by atoms with Crippen LogP contribution < -0.4 is 14.6 Å². The van der Waals surface area contributed by atoms with Crippen LogP contribution in [-0.2, 0) is 19.6 Å². The lowest BCUT2D eigenvalue weighted by Gasteiger charge is -2.29. The number of hydrogen-bond acceptors (Lipinski definition) is 8. The fourth-order valence-corrected chi connectivity index (χ4v) is 4.25. The number of ether oxygens (including phenoxy) is 1. The molecule has 33 heavy (non-hydrogen) atoms. The van der Waals surface area contributed by atoms with Crippen LogP contribution in [0.3, 0.4) is 0 Å². The first kappa shape index (κ1) is 24.4. The summed E-state index contributed by atoms with van der Waals surface area (Å²) < 4.78 is 30.6. The quantitative estimate of drug-likeness (QED) is 0.336. The molecular formula is C20H22ClN5O6S. The minimum Gasteiger partial charge on any atom is -0.378 e. The van der Waals surface area contributed by atoms with Crippen LogP contribution in [0.4, 0.5) is 17.1 Å². The van der Waals surface area contributed by atoms with Gasteiger partial charge < -0.3 is 9.64 Å². The van der Waals surface area contributed by atoms with Gasteiger partial charge in [0, 0.05) is 41.5 Å². The van der Waals surface area contributed by atoms with E-state index in [0.717, 1.165) is 10.6 Å². The average molecular weight is 496 g/mol. The Hall–Kier alpha value is -3.22. The summed E-state index contributed by atoms with van der Waals surface area (Å²) in [4.78, 5) is 25.1. The van der Waals surface area contributed by atoms with Crippen LogP contribution in [0.15, 0.2) is 47.6 Å². The zero-order valence-corrected chi connectivity index (χ0v) is 19.3. The smallest absolute Gasteiger partial charge is 0.270 e. The molecule has 176 valence electrons. The molecule has 13 heteroatoms. The van der Waals surface area contributed by atoms with Crippen LogP contribution in [-0.4, -0.2) is 64.6 Å². The van der Waals surface area contributed by atoms with Crippen molar-refractivity contribution in [2.45, 2.75) is 0 Å². The van der Waals surface area contributed by atoms with Crippen LogP contribution in [0.2, 0.25) is 5.02 Å². The molecule has 0 aliphatic carbocycles. The van der Waals surface area contributed by atoms with Crippen molar-refractivity contribution < 1.29 is 22.9 Å². The Kier molecular flexibility index (Phi) is 7.84. The standard InChI is InChI=1S/C20H22ClN5O6S/c1-33(30,31)25(17-4-2-3-16(21)12-17)14-20(27)23-22-13-15-11-18(26(28)29)5-6-19(15)24-7-9-32-10-8-24/h2-6,11-13H,7-10,14H2,1H3,(H,23,27)/b22-13-. The number of hydrogen-bond donors (Lipinski definition) is 1. The number of hydrazone groups is 1. The summed E-state index contributed by atoms with van der Waals surface area (Å²) >= 11 is 5.94. The summed E-state index contributed by atoms with van der Waals surface area (Å²) in [6.45, 7) is 1.73. The lowest BCUT2D eigenvalue weighted by molar-refractivity contribution is -0.384. The van der Waals surface area contributed by atoms with Gasteiger partial charge in [-0.3, -0.25) is 19.2 Å². The highest BCUT2D eigenvalue weighted by atomic mass is 35.5. The third kappa shape index (κ3) is 6.63. The molecule has 0 saturated carbocycles. The third-order valence-electron chi connectivity index (χ3n) is 4.75. The predicted molar refractivity (Wildman–Crippen MR) is 126 cm³/mol. The highest BCUT2D eigenvalue weighted by Crippen LogP contribution is 2.25. The van der Waals surface area contributed by atoms with E-state index in [-0.39, 0.29) is 11.4 Å². The van der Waals surface area contributed by atoms with Crippen molar-refractivity contribution in [2.75, 3.05) is 48.3 Å². The molecule has 0 aromatic heterocycles. The number of carbonyl (C=O) groups excluding carboxylic acids is 1. The maximum Gasteiger partial charge on any atom is 0.270 e. The van der Waals surface area contributed by atoms with Crippen molar-refractivity contribution in [1.82, 2.24) is 5.43 Å². The van der Waals surface area contributed by atoms with E-state index in [9.17, 15) is 23.3 Å². The topological polar surface area (TPSA) is 134 Å². The molecule has 0 radical (unpaired) electrons. The summed E-state index contributed by atoms with van der Waals surface area (Å²) in [5.74, 6) is -0.699. The molecule has 11 nitrogen and oxygen atoms in total. The van der Waals surface area contributed by atoms with Crippen molar-refractivity contribution in [2.24, 2.45) is 5.10 Å². The molecule has 1 aliphatic rings. The monoisotopic (exact) mass is 495 g/mol. The molecule has 2 aromatic rings. The molecule has 0 atom stereocenters. The molecule has 2 aromatic carbocycles. The normalized spacial score (nSPS) is 14.3. The number of benzene rings is 2. The van der Waals surface area contributed by atoms with Crippen molar-refractivity contribution in [1.29, 1.82) is 0 Å². The fraction of sp³-hybridized carbons (Fsp3) is 0.300. The minimum absolute atomic E-state index is 0.121. The highest BCUT2D eigenvalue weighted by molar-refractivity contribution is 7.92. The summed E-state index contributed by atoms with van der Waals surface area (Å²) in [5, 5.41) is 15.4. The van der Waals surface area contributed by atoms with Gasteiger partial charge in [-0.2, -0.15) is 5.10 Å². The van der Waals surface area contributed by atoms with E-state index in [2.05, 4.69) is 10.5 Å².